The molecule has 0 amide bonds. The average molecular weight is 264 g/mol. The second-order valence-electron chi connectivity index (χ2n) is 3.51. The van der Waals surface area contributed by atoms with Crippen molar-refractivity contribution in [1.82, 2.24) is 10.3 Å². The van der Waals surface area contributed by atoms with Crippen molar-refractivity contribution < 1.29 is 13.2 Å². The van der Waals surface area contributed by atoms with E-state index in [0.717, 1.165) is 10.6 Å². The van der Waals surface area contributed by atoms with Crippen molar-refractivity contribution in [2.45, 2.75) is 18.9 Å². The predicted octanol–water partition coefficient (Wildman–Crippen LogP) is 0.553. The van der Waals surface area contributed by atoms with Gasteiger partial charge in [0.15, 0.2) is 9.84 Å². The van der Waals surface area contributed by atoms with Crippen molar-refractivity contribution in [1.29, 1.82) is 0 Å². The third kappa shape index (κ3) is 4.17. The van der Waals surface area contributed by atoms with E-state index in [1.807, 2.05) is 7.05 Å². The molecule has 0 aromatic carbocycles. The number of sulfone groups is 1. The Balaban J connectivity index is 2.91. The topological polar surface area (TPSA) is 68.3 Å². The molecular weight excluding hydrogens is 248 g/mol. The Hall–Kier alpha value is -0.500. The van der Waals surface area contributed by atoms with Crippen LogP contribution in [0.2, 0.25) is 0 Å². The van der Waals surface area contributed by atoms with Crippen LogP contribution >= 0.6 is 11.3 Å². The Morgan fingerprint density at radius 3 is 2.69 bits per heavy atom. The Morgan fingerprint density at radius 2 is 2.19 bits per heavy atom. The number of hydrogen-bond donors (Lipinski definition) is 1. The fourth-order valence-electron chi connectivity index (χ4n) is 1.27. The van der Waals surface area contributed by atoms with Crippen LogP contribution in [0.25, 0.3) is 0 Å². The lowest BCUT2D eigenvalue weighted by atomic mass is 10.4. The molecule has 1 N–H and O–H groups in total. The van der Waals surface area contributed by atoms with Crippen molar-refractivity contribution >= 4 is 21.2 Å². The molecule has 0 saturated carbocycles. The summed E-state index contributed by atoms with van der Waals surface area (Å²) in [5.74, 6) is -0.00189. The van der Waals surface area contributed by atoms with Crippen molar-refractivity contribution in [2.24, 2.45) is 0 Å². The first-order chi connectivity index (χ1) is 7.46. The molecule has 0 saturated heterocycles. The van der Waals surface area contributed by atoms with E-state index in [1.165, 1.54) is 17.6 Å². The summed E-state index contributed by atoms with van der Waals surface area (Å²) in [6, 6.07) is 0. The fourth-order valence-corrected chi connectivity index (χ4v) is 3.54. The highest BCUT2D eigenvalue weighted by Gasteiger charge is 2.14. The van der Waals surface area contributed by atoms with Crippen molar-refractivity contribution in [2.75, 3.05) is 20.4 Å². The molecule has 7 heteroatoms. The summed E-state index contributed by atoms with van der Waals surface area (Å²) in [5.41, 5.74) is 0.820. The van der Waals surface area contributed by atoms with Gasteiger partial charge < -0.3 is 10.1 Å². The molecule has 1 rings (SSSR count). The van der Waals surface area contributed by atoms with Gasteiger partial charge in [-0.2, -0.15) is 0 Å². The second-order valence-corrected chi connectivity index (χ2v) is 6.82. The first-order valence-electron chi connectivity index (χ1n) is 4.75. The number of aromatic nitrogens is 1. The van der Waals surface area contributed by atoms with Crippen molar-refractivity contribution in [3.8, 4) is 0 Å². The van der Waals surface area contributed by atoms with Crippen LogP contribution < -0.4 is 5.32 Å². The zero-order valence-electron chi connectivity index (χ0n) is 9.61. The summed E-state index contributed by atoms with van der Waals surface area (Å²) in [6.45, 7) is 1.09. The van der Waals surface area contributed by atoms with Crippen molar-refractivity contribution in [3.05, 3.63) is 15.6 Å². The number of ether oxygens (including phenoxy) is 1. The number of nitrogens with zero attached hydrogens (tertiary/aromatic N) is 1. The van der Waals surface area contributed by atoms with E-state index >= 15 is 0 Å². The molecule has 1 heterocycles. The molecule has 0 bridgehead atoms. The van der Waals surface area contributed by atoms with Crippen LogP contribution in [-0.2, 0) is 33.5 Å². The molecule has 0 unspecified atom stereocenters. The first-order valence-corrected chi connectivity index (χ1v) is 7.62. The van der Waals surface area contributed by atoms with E-state index in [2.05, 4.69) is 10.3 Å². The minimum Gasteiger partial charge on any atom is -0.378 e. The lowest BCUT2D eigenvalue weighted by Crippen LogP contribution is -2.06. The molecule has 0 aliphatic carbocycles. The Morgan fingerprint density at radius 1 is 1.50 bits per heavy atom. The summed E-state index contributed by atoms with van der Waals surface area (Å²) in [6.07, 6.45) is 1.21. The van der Waals surface area contributed by atoms with Crippen LogP contribution in [0.5, 0.6) is 0 Å². The predicted molar refractivity (Wildman–Crippen MR) is 64.1 cm³/mol. The monoisotopic (exact) mass is 264 g/mol. The van der Waals surface area contributed by atoms with Gasteiger partial charge in [-0.3, -0.25) is 0 Å². The van der Waals surface area contributed by atoms with E-state index in [9.17, 15) is 8.42 Å². The third-order valence-corrected chi connectivity index (χ3v) is 3.90. The van der Waals surface area contributed by atoms with E-state index in [4.69, 9.17) is 4.74 Å². The van der Waals surface area contributed by atoms with Gasteiger partial charge in [0.1, 0.15) is 10.8 Å². The fraction of sp³-hybridized carbons (Fsp3) is 0.667. The number of hydrogen-bond acceptors (Lipinski definition) is 6. The van der Waals surface area contributed by atoms with Gasteiger partial charge >= 0.3 is 0 Å². The lowest BCUT2D eigenvalue weighted by molar-refractivity contribution is 0.181. The molecule has 5 nitrogen and oxygen atoms in total. The van der Waals surface area contributed by atoms with Gasteiger partial charge in [0.2, 0.25) is 0 Å². The Bertz CT molecular complexity index is 416. The number of thiazole rings is 1. The van der Waals surface area contributed by atoms with Gasteiger partial charge in [0, 0.05) is 24.8 Å². The molecule has 0 aliphatic heterocycles. The molecule has 92 valence electrons. The minimum atomic E-state index is -3.02. The summed E-state index contributed by atoms with van der Waals surface area (Å²) in [5, 5.41) is 3.65. The molecule has 0 aliphatic rings. The SMILES string of the molecule is CNCc1sc(CS(C)(=O)=O)nc1COC. The van der Waals surface area contributed by atoms with E-state index < -0.39 is 9.84 Å². The summed E-state index contributed by atoms with van der Waals surface area (Å²) in [7, 11) is 0.412. The smallest absolute Gasteiger partial charge is 0.153 e. The molecule has 16 heavy (non-hydrogen) atoms. The van der Waals surface area contributed by atoms with Crippen LogP contribution in [-0.4, -0.2) is 33.8 Å². The second kappa shape index (κ2) is 5.72. The van der Waals surface area contributed by atoms with Gasteiger partial charge in [0.05, 0.1) is 12.3 Å². The zero-order valence-corrected chi connectivity index (χ0v) is 11.2. The largest absolute Gasteiger partial charge is 0.378 e. The van der Waals surface area contributed by atoms with Crippen LogP contribution in [0.4, 0.5) is 0 Å². The van der Waals surface area contributed by atoms with Crippen LogP contribution in [0.15, 0.2) is 0 Å². The van der Waals surface area contributed by atoms with Crippen molar-refractivity contribution in [3.63, 3.8) is 0 Å². The molecular formula is C9H16N2O3S2. The third-order valence-electron chi connectivity index (χ3n) is 1.83. The van der Waals surface area contributed by atoms with Crippen LogP contribution in [0.1, 0.15) is 15.6 Å². The number of nitrogens with one attached hydrogen (secondary N) is 1. The van der Waals surface area contributed by atoms with Crippen LogP contribution in [0.3, 0.4) is 0 Å². The first kappa shape index (κ1) is 13.6. The quantitative estimate of drug-likeness (QED) is 0.813. The highest BCUT2D eigenvalue weighted by Crippen LogP contribution is 2.21. The standard InChI is InChI=1S/C9H16N2O3S2/c1-10-4-8-7(5-14-2)11-9(15-8)6-16(3,12)13/h10H,4-6H2,1-3H3. The van der Waals surface area contributed by atoms with Gasteiger partial charge in [-0.05, 0) is 7.05 Å². The minimum absolute atomic E-state index is 0.00189. The number of methoxy groups -OCH3 is 1. The maximum absolute atomic E-state index is 11.2. The van der Waals surface area contributed by atoms with Gasteiger partial charge in [-0.15, -0.1) is 11.3 Å². The molecule has 0 fully saturated rings. The molecule has 0 atom stereocenters. The molecule has 1 aromatic heterocycles. The maximum Gasteiger partial charge on any atom is 0.153 e. The highest BCUT2D eigenvalue weighted by molar-refractivity contribution is 7.90. The van der Waals surface area contributed by atoms with Crippen LogP contribution in [0, 0.1) is 0 Å². The molecule has 0 radical (unpaired) electrons. The van der Waals surface area contributed by atoms with Gasteiger partial charge in [-0.1, -0.05) is 0 Å². The normalized spacial score (nSPS) is 11.9. The Kier molecular flexibility index (Phi) is 4.85. The molecule has 1 aromatic rings. The Labute approximate surface area is 99.8 Å². The summed E-state index contributed by atoms with van der Waals surface area (Å²) in [4.78, 5) is 5.31. The van der Waals surface area contributed by atoms with E-state index in [-0.39, 0.29) is 5.75 Å². The lowest BCUT2D eigenvalue weighted by Gasteiger charge is -1.98. The maximum atomic E-state index is 11.2. The average Bonchev–Trinajstić information content (AvgIpc) is 2.46. The van der Waals surface area contributed by atoms with Gasteiger partial charge in [0.25, 0.3) is 0 Å². The molecule has 0 spiro atoms. The highest BCUT2D eigenvalue weighted by atomic mass is 32.2. The zero-order chi connectivity index (χ0) is 12.2. The van der Waals surface area contributed by atoms with E-state index in [1.54, 1.807) is 7.11 Å². The number of rotatable bonds is 6. The summed E-state index contributed by atoms with van der Waals surface area (Å²) >= 11 is 1.42. The van der Waals surface area contributed by atoms with Gasteiger partial charge in [-0.25, -0.2) is 13.4 Å². The summed E-state index contributed by atoms with van der Waals surface area (Å²) < 4.78 is 27.3. The van der Waals surface area contributed by atoms with E-state index in [0.29, 0.717) is 18.2 Å².